The highest BCUT2D eigenvalue weighted by atomic mass is 35.5. The largest absolute Gasteiger partial charge is 0.479 e. The van der Waals surface area contributed by atoms with Gasteiger partial charge in [-0.05, 0) is 48.4 Å². The molecule has 0 spiro atoms. The summed E-state index contributed by atoms with van der Waals surface area (Å²) < 4.78 is 13.3. The Kier molecular flexibility index (Phi) is 4.25. The van der Waals surface area contributed by atoms with Crippen LogP contribution in [-0.2, 0) is 4.79 Å². The maximum Gasteiger partial charge on any atom is 0.330 e. The zero-order chi connectivity index (χ0) is 14.7. The molecule has 0 saturated heterocycles. The summed E-state index contributed by atoms with van der Waals surface area (Å²) >= 11 is 5.78. The van der Waals surface area contributed by atoms with Gasteiger partial charge in [0.25, 0.3) is 0 Å². The lowest BCUT2D eigenvalue weighted by Crippen LogP contribution is -2.20. The van der Waals surface area contributed by atoms with Gasteiger partial charge in [0.15, 0.2) is 6.04 Å². The predicted molar refractivity (Wildman–Crippen MR) is 76.6 cm³/mol. The Morgan fingerprint density at radius 3 is 2.45 bits per heavy atom. The lowest BCUT2D eigenvalue weighted by molar-refractivity contribution is -0.138. The van der Waals surface area contributed by atoms with Crippen LogP contribution in [0.4, 0.5) is 10.1 Å². The fourth-order valence-electron chi connectivity index (χ4n) is 1.93. The van der Waals surface area contributed by atoms with Gasteiger partial charge in [0, 0.05) is 10.7 Å². The minimum atomic E-state index is -1.05. The van der Waals surface area contributed by atoms with Crippen molar-refractivity contribution in [2.24, 2.45) is 0 Å². The van der Waals surface area contributed by atoms with Gasteiger partial charge in [0.2, 0.25) is 0 Å². The van der Waals surface area contributed by atoms with Crippen LogP contribution in [0.15, 0.2) is 42.5 Å². The number of carbonyl (C=O) groups is 1. The Balaban J connectivity index is 2.30. The van der Waals surface area contributed by atoms with Gasteiger partial charge in [0.1, 0.15) is 5.82 Å². The van der Waals surface area contributed by atoms with Gasteiger partial charge in [0.05, 0.1) is 0 Å². The van der Waals surface area contributed by atoms with E-state index >= 15 is 0 Å². The zero-order valence-electron chi connectivity index (χ0n) is 10.7. The molecule has 0 aromatic heterocycles. The smallest absolute Gasteiger partial charge is 0.330 e. The SMILES string of the molecule is Cc1cc(F)cc(NC(C(=O)O)c2ccc(Cl)cc2)c1. The van der Waals surface area contributed by atoms with E-state index in [-0.39, 0.29) is 0 Å². The number of carboxylic acid groups (broad SMARTS) is 1. The van der Waals surface area contributed by atoms with E-state index in [9.17, 15) is 14.3 Å². The molecule has 104 valence electrons. The van der Waals surface area contributed by atoms with Crippen LogP contribution in [0.2, 0.25) is 5.02 Å². The van der Waals surface area contributed by atoms with Gasteiger partial charge in [-0.2, -0.15) is 0 Å². The molecular formula is C15H13ClFNO2. The van der Waals surface area contributed by atoms with Gasteiger partial charge in [-0.25, -0.2) is 9.18 Å². The highest BCUT2D eigenvalue weighted by Crippen LogP contribution is 2.23. The van der Waals surface area contributed by atoms with Gasteiger partial charge in [-0.15, -0.1) is 0 Å². The number of carboxylic acids is 1. The zero-order valence-corrected chi connectivity index (χ0v) is 11.5. The molecule has 2 aromatic carbocycles. The molecule has 1 atom stereocenters. The molecule has 0 aliphatic rings. The Morgan fingerprint density at radius 1 is 1.25 bits per heavy atom. The second kappa shape index (κ2) is 5.92. The van der Waals surface area contributed by atoms with Crippen LogP contribution < -0.4 is 5.32 Å². The Bertz CT molecular complexity index is 608. The number of aryl methyl sites for hydroxylation is 1. The van der Waals surface area contributed by atoms with E-state index in [1.54, 1.807) is 37.3 Å². The van der Waals surface area contributed by atoms with Crippen molar-refractivity contribution in [2.75, 3.05) is 5.32 Å². The van der Waals surface area contributed by atoms with Crippen LogP contribution in [0.1, 0.15) is 17.2 Å². The summed E-state index contributed by atoms with van der Waals surface area (Å²) in [6, 6.07) is 9.85. The molecule has 0 heterocycles. The van der Waals surface area contributed by atoms with E-state index in [4.69, 9.17) is 11.6 Å². The number of halogens is 2. The molecule has 0 fully saturated rings. The summed E-state index contributed by atoms with van der Waals surface area (Å²) in [5, 5.41) is 12.6. The topological polar surface area (TPSA) is 49.3 Å². The first-order valence-corrected chi connectivity index (χ1v) is 6.35. The third kappa shape index (κ3) is 3.48. The highest BCUT2D eigenvalue weighted by Gasteiger charge is 2.19. The number of benzene rings is 2. The molecule has 0 aliphatic carbocycles. The fraction of sp³-hybridized carbons (Fsp3) is 0.133. The summed E-state index contributed by atoms with van der Waals surface area (Å²) in [5.74, 6) is -1.46. The van der Waals surface area contributed by atoms with Crippen molar-refractivity contribution in [3.63, 3.8) is 0 Å². The van der Waals surface area contributed by atoms with Gasteiger partial charge < -0.3 is 10.4 Å². The maximum atomic E-state index is 13.3. The Labute approximate surface area is 121 Å². The van der Waals surface area contributed by atoms with Crippen molar-refractivity contribution in [1.82, 2.24) is 0 Å². The highest BCUT2D eigenvalue weighted by molar-refractivity contribution is 6.30. The predicted octanol–water partition coefficient (Wildman–Crippen LogP) is 4.03. The van der Waals surface area contributed by atoms with Gasteiger partial charge >= 0.3 is 5.97 Å². The first-order valence-electron chi connectivity index (χ1n) is 5.98. The van der Waals surface area contributed by atoms with Crippen LogP contribution in [0.3, 0.4) is 0 Å². The number of hydrogen-bond donors (Lipinski definition) is 2. The Morgan fingerprint density at radius 2 is 1.90 bits per heavy atom. The van der Waals surface area contributed by atoms with Crippen LogP contribution in [-0.4, -0.2) is 11.1 Å². The van der Waals surface area contributed by atoms with Gasteiger partial charge in [-0.3, -0.25) is 0 Å². The third-order valence-electron chi connectivity index (χ3n) is 2.80. The van der Waals surface area contributed by atoms with Crippen molar-refractivity contribution < 1.29 is 14.3 Å². The molecule has 1 unspecified atom stereocenters. The van der Waals surface area contributed by atoms with Crippen LogP contribution in [0.5, 0.6) is 0 Å². The van der Waals surface area contributed by atoms with E-state index in [1.165, 1.54) is 12.1 Å². The molecule has 3 nitrogen and oxygen atoms in total. The molecule has 0 amide bonds. The Hall–Kier alpha value is -2.07. The van der Waals surface area contributed by atoms with Crippen LogP contribution in [0.25, 0.3) is 0 Å². The molecular weight excluding hydrogens is 281 g/mol. The van der Waals surface area contributed by atoms with Crippen molar-refractivity contribution >= 4 is 23.3 Å². The summed E-state index contributed by atoms with van der Waals surface area (Å²) in [5.41, 5.74) is 1.68. The number of aliphatic carboxylic acids is 1. The van der Waals surface area contributed by atoms with Crippen molar-refractivity contribution in [1.29, 1.82) is 0 Å². The molecule has 0 aliphatic heterocycles. The molecule has 0 saturated carbocycles. The summed E-state index contributed by atoms with van der Waals surface area (Å²) in [4.78, 5) is 11.4. The van der Waals surface area contributed by atoms with Gasteiger partial charge in [-0.1, -0.05) is 23.7 Å². The van der Waals surface area contributed by atoms with E-state index in [1.807, 2.05) is 0 Å². The van der Waals surface area contributed by atoms with Crippen molar-refractivity contribution in [3.8, 4) is 0 Å². The van der Waals surface area contributed by atoms with E-state index in [0.29, 0.717) is 21.8 Å². The molecule has 2 aromatic rings. The first kappa shape index (κ1) is 14.3. The second-order valence-electron chi connectivity index (χ2n) is 4.48. The first-order chi connectivity index (χ1) is 9.45. The minimum absolute atomic E-state index is 0.409. The van der Waals surface area contributed by atoms with Crippen molar-refractivity contribution in [3.05, 3.63) is 64.4 Å². The molecule has 5 heteroatoms. The monoisotopic (exact) mass is 293 g/mol. The molecule has 2 N–H and O–H groups in total. The third-order valence-corrected chi connectivity index (χ3v) is 3.06. The lowest BCUT2D eigenvalue weighted by Gasteiger charge is -2.16. The average Bonchev–Trinajstić information content (AvgIpc) is 2.36. The van der Waals surface area contributed by atoms with Crippen LogP contribution in [0, 0.1) is 12.7 Å². The number of rotatable bonds is 4. The van der Waals surface area contributed by atoms with Crippen molar-refractivity contribution in [2.45, 2.75) is 13.0 Å². The van der Waals surface area contributed by atoms with Crippen LogP contribution >= 0.6 is 11.6 Å². The second-order valence-corrected chi connectivity index (χ2v) is 4.92. The summed E-state index contributed by atoms with van der Waals surface area (Å²) in [6.07, 6.45) is 0. The van der Waals surface area contributed by atoms with E-state index in [2.05, 4.69) is 5.32 Å². The lowest BCUT2D eigenvalue weighted by atomic mass is 10.1. The number of nitrogens with one attached hydrogen (secondary N) is 1. The van der Waals surface area contributed by atoms with E-state index in [0.717, 1.165) is 0 Å². The summed E-state index contributed by atoms with van der Waals surface area (Å²) in [6.45, 7) is 1.74. The molecule has 2 rings (SSSR count). The number of anilines is 1. The molecule has 0 bridgehead atoms. The van der Waals surface area contributed by atoms with E-state index < -0.39 is 17.8 Å². The standard InChI is InChI=1S/C15H13ClFNO2/c1-9-6-12(17)8-13(7-9)18-14(15(19)20)10-2-4-11(16)5-3-10/h2-8,14,18H,1H3,(H,19,20). The minimum Gasteiger partial charge on any atom is -0.479 e. The maximum absolute atomic E-state index is 13.3. The normalized spacial score (nSPS) is 11.9. The number of hydrogen-bond acceptors (Lipinski definition) is 2. The average molecular weight is 294 g/mol. The fourth-order valence-corrected chi connectivity index (χ4v) is 2.06. The quantitative estimate of drug-likeness (QED) is 0.895. The molecule has 20 heavy (non-hydrogen) atoms. The molecule has 0 radical (unpaired) electrons. The summed E-state index contributed by atoms with van der Waals surface area (Å²) in [7, 11) is 0.